The summed E-state index contributed by atoms with van der Waals surface area (Å²) in [5.41, 5.74) is 8.03. The van der Waals surface area contributed by atoms with E-state index in [1.807, 2.05) is 43.3 Å². The molecule has 2 N–H and O–H groups in total. The molecule has 2 aromatic carbocycles. The molecule has 0 amide bonds. The Hall–Kier alpha value is -1.85. The lowest BCUT2D eigenvalue weighted by atomic mass is 10.1. The van der Waals surface area contributed by atoms with Crippen molar-refractivity contribution in [2.45, 2.75) is 29.0 Å². The molecule has 0 radical (unpaired) electrons. The molecule has 2 aromatic rings. The van der Waals surface area contributed by atoms with E-state index in [1.54, 1.807) is 19.2 Å². The van der Waals surface area contributed by atoms with E-state index in [0.717, 1.165) is 16.9 Å². The molecule has 3 rings (SSSR count). The smallest absolute Gasteiger partial charge is 0.183 e. The number of methoxy groups -OCH3 is 1. The molecule has 0 aliphatic heterocycles. The maximum absolute atomic E-state index is 12.7. The van der Waals surface area contributed by atoms with Crippen molar-refractivity contribution in [3.63, 3.8) is 0 Å². The van der Waals surface area contributed by atoms with Crippen LogP contribution in [0.1, 0.15) is 17.0 Å². The minimum atomic E-state index is -3.40. The van der Waals surface area contributed by atoms with Crippen LogP contribution in [0, 0.1) is 6.92 Å². The molecule has 0 aromatic heterocycles. The van der Waals surface area contributed by atoms with Crippen LogP contribution in [0.15, 0.2) is 53.4 Å². The van der Waals surface area contributed by atoms with Crippen molar-refractivity contribution in [3.8, 4) is 5.75 Å². The molecule has 0 heterocycles. The van der Waals surface area contributed by atoms with Gasteiger partial charge in [-0.15, -0.1) is 0 Å². The number of nitrogens with two attached hydrogens (primary N) is 1. The molecule has 0 bridgehead atoms. The average Bonchev–Trinajstić information content (AvgIpc) is 3.20. The summed E-state index contributed by atoms with van der Waals surface area (Å²) in [5.74, 6) is 0.591. The van der Waals surface area contributed by atoms with Crippen LogP contribution in [-0.2, 0) is 9.84 Å². The van der Waals surface area contributed by atoms with Crippen molar-refractivity contribution in [2.24, 2.45) is 5.73 Å². The normalized spacial score (nSPS) is 24.0. The van der Waals surface area contributed by atoms with E-state index in [2.05, 4.69) is 0 Å². The Bertz CT molecular complexity index is 767. The molecular weight excluding hydrogens is 298 g/mol. The van der Waals surface area contributed by atoms with E-state index in [1.165, 1.54) is 0 Å². The van der Waals surface area contributed by atoms with E-state index >= 15 is 0 Å². The van der Waals surface area contributed by atoms with Gasteiger partial charge in [0, 0.05) is 12.0 Å². The number of hydrogen-bond acceptors (Lipinski definition) is 4. The van der Waals surface area contributed by atoms with Crippen LogP contribution >= 0.6 is 0 Å². The van der Waals surface area contributed by atoms with E-state index < -0.39 is 15.1 Å². The molecule has 116 valence electrons. The van der Waals surface area contributed by atoms with Gasteiger partial charge in [0.05, 0.1) is 17.3 Å². The summed E-state index contributed by atoms with van der Waals surface area (Å²) in [6, 6.07) is 14.0. The fourth-order valence-electron chi connectivity index (χ4n) is 2.83. The Morgan fingerprint density at radius 1 is 1.00 bits per heavy atom. The number of benzene rings is 2. The lowest BCUT2D eigenvalue weighted by molar-refractivity contribution is 0.414. The standard InChI is InChI=1S/C17H19NO3S/c1-11-3-9-14(10-4-11)22(19,20)17-15(16(17)18)12-5-7-13(21-2)8-6-12/h3-10,15-17H,18H2,1-2H3/t15-,16-,17-/m1/s1. The van der Waals surface area contributed by atoms with Gasteiger partial charge in [0.1, 0.15) is 5.75 Å². The Labute approximate surface area is 130 Å². The molecule has 3 atom stereocenters. The molecule has 0 spiro atoms. The minimum Gasteiger partial charge on any atom is -0.497 e. The van der Waals surface area contributed by atoms with Crippen LogP contribution < -0.4 is 10.5 Å². The number of aryl methyl sites for hydroxylation is 1. The third-order valence-corrected chi connectivity index (χ3v) is 6.47. The van der Waals surface area contributed by atoms with Crippen LogP contribution in [0.25, 0.3) is 0 Å². The maximum Gasteiger partial charge on any atom is 0.183 e. The van der Waals surface area contributed by atoms with Gasteiger partial charge in [-0.1, -0.05) is 29.8 Å². The van der Waals surface area contributed by atoms with Gasteiger partial charge in [-0.3, -0.25) is 0 Å². The Balaban J connectivity index is 1.87. The number of rotatable bonds is 4. The highest BCUT2D eigenvalue weighted by Gasteiger charge is 2.57. The molecule has 0 unspecified atom stereocenters. The average molecular weight is 317 g/mol. The Kier molecular flexibility index (Phi) is 3.70. The highest BCUT2D eigenvalue weighted by molar-refractivity contribution is 7.92. The molecule has 1 fully saturated rings. The topological polar surface area (TPSA) is 69.4 Å². The first-order valence-corrected chi connectivity index (χ1v) is 8.70. The second kappa shape index (κ2) is 5.41. The van der Waals surface area contributed by atoms with Crippen molar-refractivity contribution in [3.05, 3.63) is 59.7 Å². The highest BCUT2D eigenvalue weighted by Crippen LogP contribution is 2.47. The summed E-state index contributed by atoms with van der Waals surface area (Å²) < 4.78 is 30.6. The first-order valence-electron chi connectivity index (χ1n) is 7.15. The van der Waals surface area contributed by atoms with Gasteiger partial charge in [-0.25, -0.2) is 8.42 Å². The van der Waals surface area contributed by atoms with Crippen molar-refractivity contribution < 1.29 is 13.2 Å². The van der Waals surface area contributed by atoms with Gasteiger partial charge >= 0.3 is 0 Å². The van der Waals surface area contributed by atoms with Crippen molar-refractivity contribution in [1.29, 1.82) is 0 Å². The summed E-state index contributed by atoms with van der Waals surface area (Å²) in [6.07, 6.45) is 0. The summed E-state index contributed by atoms with van der Waals surface area (Å²) >= 11 is 0. The summed E-state index contributed by atoms with van der Waals surface area (Å²) in [5, 5.41) is -0.552. The van der Waals surface area contributed by atoms with Gasteiger partial charge in [-0.2, -0.15) is 0 Å². The molecule has 0 saturated heterocycles. The van der Waals surface area contributed by atoms with Gasteiger partial charge in [-0.05, 0) is 36.8 Å². The van der Waals surface area contributed by atoms with Crippen LogP contribution in [0.3, 0.4) is 0 Å². The third kappa shape index (κ3) is 2.51. The molecule has 5 heteroatoms. The van der Waals surface area contributed by atoms with E-state index in [9.17, 15) is 8.42 Å². The monoisotopic (exact) mass is 317 g/mol. The first kappa shape index (κ1) is 15.1. The molecule has 22 heavy (non-hydrogen) atoms. The van der Waals surface area contributed by atoms with Gasteiger partial charge in [0.15, 0.2) is 9.84 Å². The summed E-state index contributed by atoms with van der Waals surface area (Å²) in [4.78, 5) is 0.342. The molecule has 1 saturated carbocycles. The fourth-order valence-corrected chi connectivity index (χ4v) is 4.87. The second-order valence-electron chi connectivity index (χ2n) is 5.70. The zero-order valence-electron chi connectivity index (χ0n) is 12.6. The molecule has 1 aliphatic carbocycles. The predicted octanol–water partition coefficient (Wildman–Crippen LogP) is 2.27. The van der Waals surface area contributed by atoms with Gasteiger partial charge < -0.3 is 10.5 Å². The van der Waals surface area contributed by atoms with Crippen molar-refractivity contribution in [2.75, 3.05) is 7.11 Å². The minimum absolute atomic E-state index is 0.155. The third-order valence-electron chi connectivity index (χ3n) is 4.22. The predicted molar refractivity (Wildman–Crippen MR) is 85.9 cm³/mol. The highest BCUT2D eigenvalue weighted by atomic mass is 32.2. The number of ether oxygens (including phenoxy) is 1. The van der Waals surface area contributed by atoms with Gasteiger partial charge in [0.2, 0.25) is 0 Å². The quantitative estimate of drug-likeness (QED) is 0.939. The molecular formula is C17H19NO3S. The van der Waals surface area contributed by atoms with Gasteiger partial charge in [0.25, 0.3) is 0 Å². The largest absolute Gasteiger partial charge is 0.497 e. The zero-order chi connectivity index (χ0) is 15.9. The lowest BCUT2D eigenvalue weighted by Crippen LogP contribution is -2.15. The van der Waals surface area contributed by atoms with E-state index in [-0.39, 0.29) is 12.0 Å². The van der Waals surface area contributed by atoms with E-state index in [4.69, 9.17) is 10.5 Å². The number of hydrogen-bond donors (Lipinski definition) is 1. The van der Waals surface area contributed by atoms with Crippen LogP contribution in [0.4, 0.5) is 0 Å². The van der Waals surface area contributed by atoms with Crippen LogP contribution in [-0.4, -0.2) is 26.8 Å². The maximum atomic E-state index is 12.7. The number of sulfone groups is 1. The van der Waals surface area contributed by atoms with Crippen molar-refractivity contribution in [1.82, 2.24) is 0 Å². The Morgan fingerprint density at radius 2 is 1.59 bits per heavy atom. The molecule has 4 nitrogen and oxygen atoms in total. The van der Waals surface area contributed by atoms with Crippen LogP contribution in [0.2, 0.25) is 0 Å². The fraction of sp³-hybridized carbons (Fsp3) is 0.294. The first-order chi connectivity index (χ1) is 10.4. The van der Waals surface area contributed by atoms with Crippen molar-refractivity contribution >= 4 is 9.84 Å². The van der Waals surface area contributed by atoms with E-state index in [0.29, 0.717) is 4.90 Å². The molecule has 1 aliphatic rings. The summed E-state index contributed by atoms with van der Waals surface area (Å²) in [6.45, 7) is 1.93. The van der Waals surface area contributed by atoms with Crippen LogP contribution in [0.5, 0.6) is 5.75 Å². The lowest BCUT2D eigenvalue weighted by Gasteiger charge is -2.05. The zero-order valence-corrected chi connectivity index (χ0v) is 13.4. The Morgan fingerprint density at radius 3 is 2.14 bits per heavy atom. The summed E-state index contributed by atoms with van der Waals surface area (Å²) in [7, 11) is -1.80. The SMILES string of the molecule is COc1ccc([C@@H]2[C@@H](N)[C@@H]2S(=O)(=O)c2ccc(C)cc2)cc1. The second-order valence-corrected chi connectivity index (χ2v) is 7.80.